The molecule has 1 amide bonds. The summed E-state index contributed by atoms with van der Waals surface area (Å²) in [6.07, 6.45) is -0.473. The van der Waals surface area contributed by atoms with Crippen LogP contribution in [0.1, 0.15) is 6.42 Å². The number of benzene rings is 1. The molecule has 0 spiro atoms. The molecule has 1 aromatic rings. The predicted octanol–water partition coefficient (Wildman–Crippen LogP) is -0.618. The fraction of sp³-hybridized carbons (Fsp3) is 0.273. The van der Waals surface area contributed by atoms with Crippen molar-refractivity contribution in [2.24, 2.45) is 5.73 Å². The third kappa shape index (κ3) is 4.34. The number of hydrogen-bond donors (Lipinski definition) is 2. The Bertz CT molecular complexity index is 556. The van der Waals surface area contributed by atoms with Crippen LogP contribution in [0, 0.1) is 0 Å². The highest BCUT2D eigenvalue weighted by atomic mass is 32.2. The quantitative estimate of drug-likeness (QED) is 0.676. The van der Waals surface area contributed by atoms with E-state index in [2.05, 4.69) is 9.46 Å². The first-order valence-electron chi connectivity index (χ1n) is 5.30. The molecule has 1 atom stereocenters. The minimum Gasteiger partial charge on any atom is -0.468 e. The van der Waals surface area contributed by atoms with Gasteiger partial charge >= 0.3 is 5.97 Å². The standard InChI is InChI=1S/C11H14N2O5S/c1-18-11(15)9(7-10(12)14)13-19(16,17)8-5-3-2-4-6-8/h2-6,9,13H,7H2,1H3,(H2,12,14)/t9-/m0/s1. The summed E-state index contributed by atoms with van der Waals surface area (Å²) in [4.78, 5) is 22.2. The molecular formula is C11H14N2O5S. The topological polar surface area (TPSA) is 116 Å². The molecule has 7 nitrogen and oxygen atoms in total. The van der Waals surface area contributed by atoms with Crippen molar-refractivity contribution in [2.75, 3.05) is 7.11 Å². The SMILES string of the molecule is COC(=O)[C@H](CC(N)=O)NS(=O)(=O)c1ccccc1. The Morgan fingerprint density at radius 2 is 1.89 bits per heavy atom. The summed E-state index contributed by atoms with van der Waals surface area (Å²) in [5.74, 6) is -1.69. The minimum absolute atomic E-state index is 0.0200. The number of rotatable bonds is 6. The van der Waals surface area contributed by atoms with E-state index in [-0.39, 0.29) is 4.90 Å². The number of hydrogen-bond acceptors (Lipinski definition) is 5. The lowest BCUT2D eigenvalue weighted by Gasteiger charge is -2.15. The molecule has 0 aliphatic rings. The van der Waals surface area contributed by atoms with Crippen LogP contribution in [0.2, 0.25) is 0 Å². The monoisotopic (exact) mass is 286 g/mol. The van der Waals surface area contributed by atoms with Crippen molar-refractivity contribution in [2.45, 2.75) is 17.4 Å². The van der Waals surface area contributed by atoms with E-state index >= 15 is 0 Å². The highest BCUT2D eigenvalue weighted by molar-refractivity contribution is 7.89. The molecule has 0 radical (unpaired) electrons. The molecule has 0 aliphatic heterocycles. The Balaban J connectivity index is 2.96. The maximum absolute atomic E-state index is 12.0. The van der Waals surface area contributed by atoms with Crippen molar-refractivity contribution >= 4 is 21.9 Å². The van der Waals surface area contributed by atoms with Gasteiger partial charge in [0.15, 0.2) is 0 Å². The second-order valence-electron chi connectivity index (χ2n) is 3.68. The number of nitrogens with one attached hydrogen (secondary N) is 1. The van der Waals surface area contributed by atoms with Crippen molar-refractivity contribution in [3.63, 3.8) is 0 Å². The lowest BCUT2D eigenvalue weighted by molar-refractivity contribution is -0.144. The van der Waals surface area contributed by atoms with Crippen molar-refractivity contribution in [1.29, 1.82) is 0 Å². The van der Waals surface area contributed by atoms with Gasteiger partial charge in [-0.3, -0.25) is 9.59 Å². The number of nitrogens with two attached hydrogens (primary N) is 1. The predicted molar refractivity (Wildman–Crippen MR) is 66.4 cm³/mol. The Morgan fingerprint density at radius 3 is 2.37 bits per heavy atom. The maximum Gasteiger partial charge on any atom is 0.324 e. The molecule has 0 bridgehead atoms. The molecular weight excluding hydrogens is 272 g/mol. The van der Waals surface area contributed by atoms with E-state index in [0.29, 0.717) is 0 Å². The Kier molecular flexibility index (Phi) is 5.02. The van der Waals surface area contributed by atoms with E-state index in [4.69, 9.17) is 5.73 Å². The van der Waals surface area contributed by atoms with Crippen LogP contribution in [-0.4, -0.2) is 33.4 Å². The molecule has 8 heteroatoms. The van der Waals surface area contributed by atoms with Crippen LogP contribution in [0.3, 0.4) is 0 Å². The van der Waals surface area contributed by atoms with Crippen LogP contribution in [0.4, 0.5) is 0 Å². The van der Waals surface area contributed by atoms with Gasteiger partial charge in [-0.25, -0.2) is 8.42 Å². The molecule has 1 aromatic carbocycles. The second kappa shape index (κ2) is 6.30. The zero-order valence-electron chi connectivity index (χ0n) is 10.2. The molecule has 3 N–H and O–H groups in total. The smallest absolute Gasteiger partial charge is 0.324 e. The van der Waals surface area contributed by atoms with Crippen LogP contribution in [0.15, 0.2) is 35.2 Å². The van der Waals surface area contributed by atoms with Crippen LogP contribution >= 0.6 is 0 Å². The van der Waals surface area contributed by atoms with E-state index in [9.17, 15) is 18.0 Å². The molecule has 0 saturated carbocycles. The first-order valence-corrected chi connectivity index (χ1v) is 6.78. The summed E-state index contributed by atoms with van der Waals surface area (Å²) < 4.78 is 30.5. The molecule has 0 heterocycles. The van der Waals surface area contributed by atoms with Gasteiger partial charge in [0.1, 0.15) is 6.04 Å². The van der Waals surface area contributed by atoms with Crippen LogP contribution < -0.4 is 10.5 Å². The number of primary amides is 1. The molecule has 0 aromatic heterocycles. The fourth-order valence-corrected chi connectivity index (χ4v) is 2.58. The van der Waals surface area contributed by atoms with E-state index in [0.717, 1.165) is 7.11 Å². The summed E-state index contributed by atoms with van der Waals surface area (Å²) in [5.41, 5.74) is 4.96. The van der Waals surface area contributed by atoms with E-state index in [1.54, 1.807) is 6.07 Å². The number of esters is 1. The molecule has 1 rings (SSSR count). The Labute approximate surface area is 110 Å². The first-order chi connectivity index (χ1) is 8.86. The van der Waals surface area contributed by atoms with Crippen molar-refractivity contribution in [3.8, 4) is 0 Å². The molecule has 104 valence electrons. The molecule has 19 heavy (non-hydrogen) atoms. The first kappa shape index (κ1) is 15.1. The lowest BCUT2D eigenvalue weighted by Crippen LogP contribution is -2.43. The van der Waals surface area contributed by atoms with E-state index < -0.39 is 34.4 Å². The average Bonchev–Trinajstić information content (AvgIpc) is 2.37. The Hall–Kier alpha value is -1.93. The zero-order valence-corrected chi connectivity index (χ0v) is 11.0. The fourth-order valence-electron chi connectivity index (χ4n) is 1.37. The normalized spacial score (nSPS) is 12.7. The lowest BCUT2D eigenvalue weighted by atomic mass is 10.2. The molecule has 0 unspecified atom stereocenters. The molecule has 0 aliphatic carbocycles. The van der Waals surface area contributed by atoms with Crippen molar-refractivity contribution in [3.05, 3.63) is 30.3 Å². The largest absolute Gasteiger partial charge is 0.468 e. The van der Waals surface area contributed by atoms with Gasteiger partial charge in [-0.15, -0.1) is 0 Å². The van der Waals surface area contributed by atoms with Crippen LogP contribution in [-0.2, 0) is 24.3 Å². The van der Waals surface area contributed by atoms with Crippen LogP contribution in [0.25, 0.3) is 0 Å². The maximum atomic E-state index is 12.0. The molecule has 0 saturated heterocycles. The van der Waals surface area contributed by atoms with Gasteiger partial charge in [-0.05, 0) is 12.1 Å². The third-order valence-corrected chi connectivity index (χ3v) is 3.73. The van der Waals surface area contributed by atoms with Crippen LogP contribution in [0.5, 0.6) is 0 Å². The van der Waals surface area contributed by atoms with Gasteiger partial charge in [-0.2, -0.15) is 4.72 Å². The van der Waals surface area contributed by atoms with Gasteiger partial charge in [-0.1, -0.05) is 18.2 Å². The van der Waals surface area contributed by atoms with Gasteiger partial charge in [0.05, 0.1) is 18.4 Å². The highest BCUT2D eigenvalue weighted by Gasteiger charge is 2.27. The number of carbonyl (C=O) groups is 2. The van der Waals surface area contributed by atoms with Gasteiger partial charge in [0, 0.05) is 0 Å². The second-order valence-corrected chi connectivity index (χ2v) is 5.39. The summed E-state index contributed by atoms with van der Waals surface area (Å²) in [6.45, 7) is 0. The summed E-state index contributed by atoms with van der Waals surface area (Å²) in [5, 5.41) is 0. The minimum atomic E-state index is -3.92. The van der Waals surface area contributed by atoms with E-state index in [1.165, 1.54) is 24.3 Å². The third-order valence-electron chi connectivity index (χ3n) is 2.24. The number of ether oxygens (including phenoxy) is 1. The summed E-state index contributed by atoms with van der Waals surface area (Å²) >= 11 is 0. The van der Waals surface area contributed by atoms with Crippen molar-refractivity contribution in [1.82, 2.24) is 4.72 Å². The van der Waals surface area contributed by atoms with E-state index in [1.807, 2.05) is 0 Å². The average molecular weight is 286 g/mol. The summed E-state index contributed by atoms with van der Waals surface area (Å²) in [7, 11) is -2.83. The number of sulfonamides is 1. The highest BCUT2D eigenvalue weighted by Crippen LogP contribution is 2.09. The van der Waals surface area contributed by atoms with Crippen molar-refractivity contribution < 1.29 is 22.7 Å². The molecule has 0 fully saturated rings. The number of carbonyl (C=O) groups excluding carboxylic acids is 2. The summed E-state index contributed by atoms with van der Waals surface area (Å²) in [6, 6.07) is 6.11. The zero-order chi connectivity index (χ0) is 14.5. The van der Waals surface area contributed by atoms with Gasteiger partial charge < -0.3 is 10.5 Å². The Morgan fingerprint density at radius 1 is 1.32 bits per heavy atom. The number of methoxy groups -OCH3 is 1. The van der Waals surface area contributed by atoms with Gasteiger partial charge in [0.25, 0.3) is 0 Å². The van der Waals surface area contributed by atoms with Gasteiger partial charge in [0.2, 0.25) is 15.9 Å². The number of amides is 1.